The fourth-order valence-electron chi connectivity index (χ4n) is 1.86. The summed E-state index contributed by atoms with van der Waals surface area (Å²) in [7, 11) is -3.77. The van der Waals surface area contributed by atoms with Crippen molar-refractivity contribution >= 4 is 32.8 Å². The largest absolute Gasteiger partial charge is 0.431 e. The number of hydrogen-bond donors (Lipinski definition) is 2. The summed E-state index contributed by atoms with van der Waals surface area (Å²) in [5.74, 6) is 0.381. The zero-order valence-electron chi connectivity index (χ0n) is 11.1. The third kappa shape index (κ3) is 2.65. The molecule has 7 nitrogen and oxygen atoms in total. The molecule has 0 unspecified atom stereocenters. The summed E-state index contributed by atoms with van der Waals surface area (Å²) in [5.41, 5.74) is 6.80. The molecule has 3 rings (SSSR count). The van der Waals surface area contributed by atoms with Crippen molar-refractivity contribution in [1.29, 1.82) is 0 Å². The number of aromatic nitrogens is 2. The lowest BCUT2D eigenvalue weighted by Crippen LogP contribution is -2.13. The van der Waals surface area contributed by atoms with Gasteiger partial charge in [-0.05, 0) is 37.3 Å². The summed E-state index contributed by atoms with van der Waals surface area (Å²) < 4.78 is 31.8. The Morgan fingerprint density at radius 3 is 2.71 bits per heavy atom. The van der Waals surface area contributed by atoms with Crippen molar-refractivity contribution in [2.45, 2.75) is 11.8 Å². The van der Waals surface area contributed by atoms with Gasteiger partial charge in [-0.15, -0.1) is 0 Å². The van der Waals surface area contributed by atoms with Crippen molar-refractivity contribution in [3.63, 3.8) is 0 Å². The highest BCUT2D eigenvalue weighted by atomic mass is 32.2. The summed E-state index contributed by atoms with van der Waals surface area (Å²) in [4.78, 5) is 8.12. The molecule has 0 aliphatic heterocycles. The molecule has 0 saturated carbocycles. The van der Waals surface area contributed by atoms with E-state index >= 15 is 0 Å². The Balaban J connectivity index is 2.00. The van der Waals surface area contributed by atoms with E-state index in [1.165, 1.54) is 18.4 Å². The molecule has 0 aliphatic rings. The van der Waals surface area contributed by atoms with Gasteiger partial charge in [0.05, 0.1) is 16.1 Å². The number of hydrogen-bond acceptors (Lipinski definition) is 6. The predicted molar refractivity (Wildman–Crippen MR) is 78.2 cm³/mol. The molecule has 0 spiro atoms. The van der Waals surface area contributed by atoms with Gasteiger partial charge >= 0.3 is 6.01 Å². The summed E-state index contributed by atoms with van der Waals surface area (Å²) in [6.07, 6.45) is 1.37. The Bertz CT molecular complexity index is 918. The van der Waals surface area contributed by atoms with E-state index in [1.54, 1.807) is 25.1 Å². The van der Waals surface area contributed by atoms with Crippen LogP contribution in [0.4, 0.5) is 11.8 Å². The number of pyridine rings is 1. The standard InChI is InChI=1S/C13H12N4O3S/c1-8-7-20-13(15-8)17-21(18,19)10-3-4-11-9(6-10)2-5-12(14)16-11/h2-7H,1H3,(H2,14,16)(H,15,17). The van der Waals surface area contributed by atoms with Crippen molar-refractivity contribution in [2.75, 3.05) is 10.5 Å². The van der Waals surface area contributed by atoms with Crippen LogP contribution in [0.3, 0.4) is 0 Å². The molecule has 0 amide bonds. The van der Waals surface area contributed by atoms with Crippen LogP contribution in [-0.2, 0) is 10.0 Å². The van der Waals surface area contributed by atoms with Crippen molar-refractivity contribution < 1.29 is 12.8 Å². The first kappa shape index (κ1) is 13.4. The normalized spacial score (nSPS) is 11.7. The van der Waals surface area contributed by atoms with Gasteiger partial charge < -0.3 is 10.2 Å². The molecule has 3 aromatic rings. The minimum atomic E-state index is -3.77. The number of sulfonamides is 1. The van der Waals surface area contributed by atoms with E-state index in [4.69, 9.17) is 10.2 Å². The molecule has 0 saturated heterocycles. The maximum atomic E-state index is 12.3. The lowest BCUT2D eigenvalue weighted by molar-refractivity contribution is 0.569. The number of nitrogens with one attached hydrogen (secondary N) is 1. The predicted octanol–water partition coefficient (Wildman–Crippen LogP) is 1.91. The van der Waals surface area contributed by atoms with Crippen molar-refractivity contribution in [2.24, 2.45) is 0 Å². The van der Waals surface area contributed by atoms with Gasteiger partial charge in [0, 0.05) is 5.39 Å². The summed E-state index contributed by atoms with van der Waals surface area (Å²) in [6, 6.07) is 7.83. The van der Waals surface area contributed by atoms with E-state index in [1.807, 2.05) is 0 Å². The van der Waals surface area contributed by atoms with E-state index in [2.05, 4.69) is 14.7 Å². The smallest absolute Gasteiger partial charge is 0.309 e. The SMILES string of the molecule is Cc1coc(NS(=O)(=O)c2ccc3nc(N)ccc3c2)n1. The molecule has 2 aromatic heterocycles. The average Bonchev–Trinajstić information content (AvgIpc) is 2.82. The number of aryl methyl sites for hydroxylation is 1. The van der Waals surface area contributed by atoms with E-state index in [0.717, 1.165) is 0 Å². The lowest BCUT2D eigenvalue weighted by Gasteiger charge is -2.06. The highest BCUT2D eigenvalue weighted by Gasteiger charge is 2.17. The topological polar surface area (TPSA) is 111 Å². The van der Waals surface area contributed by atoms with Crippen LogP contribution in [0.25, 0.3) is 10.9 Å². The number of nitrogens with zero attached hydrogens (tertiary/aromatic N) is 2. The Hall–Kier alpha value is -2.61. The molecule has 21 heavy (non-hydrogen) atoms. The molecule has 2 heterocycles. The number of anilines is 2. The van der Waals surface area contributed by atoms with Crippen molar-refractivity contribution in [3.8, 4) is 0 Å². The number of oxazole rings is 1. The molecule has 8 heteroatoms. The van der Waals surface area contributed by atoms with Crippen molar-refractivity contribution in [3.05, 3.63) is 42.3 Å². The van der Waals surface area contributed by atoms with Gasteiger partial charge in [-0.2, -0.15) is 4.98 Å². The Kier molecular flexibility index (Phi) is 3.02. The fourth-order valence-corrected chi connectivity index (χ4v) is 2.83. The molecule has 0 radical (unpaired) electrons. The molecular formula is C13H12N4O3S. The zero-order chi connectivity index (χ0) is 15.0. The zero-order valence-corrected chi connectivity index (χ0v) is 11.9. The monoisotopic (exact) mass is 304 g/mol. The van der Waals surface area contributed by atoms with Gasteiger partial charge in [-0.1, -0.05) is 0 Å². The third-order valence-electron chi connectivity index (χ3n) is 2.83. The second kappa shape index (κ2) is 4.74. The first-order valence-corrected chi connectivity index (χ1v) is 7.54. The van der Waals surface area contributed by atoms with Crippen LogP contribution in [0.2, 0.25) is 0 Å². The van der Waals surface area contributed by atoms with Crippen LogP contribution >= 0.6 is 0 Å². The van der Waals surface area contributed by atoms with Gasteiger partial charge in [-0.25, -0.2) is 18.1 Å². The molecule has 0 fully saturated rings. The van der Waals surface area contributed by atoms with Crippen LogP contribution in [0, 0.1) is 6.92 Å². The molecular weight excluding hydrogens is 292 g/mol. The van der Waals surface area contributed by atoms with E-state index < -0.39 is 10.0 Å². The van der Waals surface area contributed by atoms with Crippen molar-refractivity contribution in [1.82, 2.24) is 9.97 Å². The van der Waals surface area contributed by atoms with Gasteiger partial charge in [-0.3, -0.25) is 0 Å². The molecule has 0 atom stereocenters. The number of fused-ring (bicyclic) bond motifs is 1. The molecule has 0 bridgehead atoms. The Morgan fingerprint density at radius 1 is 1.19 bits per heavy atom. The number of nitrogen functional groups attached to an aromatic ring is 1. The first-order valence-electron chi connectivity index (χ1n) is 6.05. The number of benzene rings is 1. The third-order valence-corrected chi connectivity index (χ3v) is 4.15. The maximum absolute atomic E-state index is 12.3. The highest BCUT2D eigenvalue weighted by Crippen LogP contribution is 2.21. The van der Waals surface area contributed by atoms with Crippen LogP contribution in [0.1, 0.15) is 5.69 Å². The first-order chi connectivity index (χ1) is 9.94. The quantitative estimate of drug-likeness (QED) is 0.764. The minimum Gasteiger partial charge on any atom is -0.431 e. The second-order valence-electron chi connectivity index (χ2n) is 4.49. The Morgan fingerprint density at radius 2 is 2.00 bits per heavy atom. The summed E-state index contributed by atoms with van der Waals surface area (Å²) >= 11 is 0. The van der Waals surface area contributed by atoms with E-state index in [-0.39, 0.29) is 10.9 Å². The molecule has 1 aromatic carbocycles. The van der Waals surface area contributed by atoms with E-state index in [9.17, 15) is 8.42 Å². The highest BCUT2D eigenvalue weighted by molar-refractivity contribution is 7.92. The molecule has 3 N–H and O–H groups in total. The van der Waals surface area contributed by atoms with Crippen LogP contribution in [0.15, 0.2) is 45.9 Å². The van der Waals surface area contributed by atoms with Gasteiger partial charge in [0.15, 0.2) is 0 Å². The summed E-state index contributed by atoms with van der Waals surface area (Å²) in [5, 5.41) is 0.677. The summed E-state index contributed by atoms with van der Waals surface area (Å²) in [6.45, 7) is 1.70. The molecule has 0 aliphatic carbocycles. The maximum Gasteiger partial charge on any atom is 0.309 e. The Labute approximate surface area is 120 Å². The second-order valence-corrected chi connectivity index (χ2v) is 6.17. The number of rotatable bonds is 3. The van der Waals surface area contributed by atoms with Crippen LogP contribution < -0.4 is 10.5 Å². The van der Waals surface area contributed by atoms with Gasteiger partial charge in [0.2, 0.25) is 0 Å². The van der Waals surface area contributed by atoms with Gasteiger partial charge in [0.25, 0.3) is 10.0 Å². The number of nitrogens with two attached hydrogens (primary N) is 1. The minimum absolute atomic E-state index is 0.0666. The van der Waals surface area contributed by atoms with E-state index in [0.29, 0.717) is 22.4 Å². The van der Waals surface area contributed by atoms with Gasteiger partial charge in [0.1, 0.15) is 12.1 Å². The molecule has 108 valence electrons. The van der Waals surface area contributed by atoms with Crippen LogP contribution in [-0.4, -0.2) is 18.4 Å². The lowest BCUT2D eigenvalue weighted by atomic mass is 10.2. The average molecular weight is 304 g/mol. The van der Waals surface area contributed by atoms with Crippen LogP contribution in [0.5, 0.6) is 0 Å². The fraction of sp³-hybridized carbons (Fsp3) is 0.0769.